The van der Waals surface area contributed by atoms with Crippen molar-refractivity contribution in [2.24, 2.45) is 4.99 Å². The van der Waals surface area contributed by atoms with Crippen molar-refractivity contribution in [1.82, 2.24) is 10.2 Å². The normalized spacial score (nSPS) is 33.9. The molecule has 1 unspecified atom stereocenters. The molecule has 1 N–H and O–H groups in total. The van der Waals surface area contributed by atoms with Crippen LogP contribution in [0.1, 0.15) is 20.3 Å². The molecular weight excluding hydrogens is 206 g/mol. The van der Waals surface area contributed by atoms with Gasteiger partial charge in [-0.1, -0.05) is 0 Å². The first-order valence-corrected chi connectivity index (χ1v) is 6.63. The van der Waals surface area contributed by atoms with Crippen LogP contribution in [0.5, 0.6) is 0 Å². The highest BCUT2D eigenvalue weighted by atomic mass is 32.2. The van der Waals surface area contributed by atoms with E-state index in [1.165, 1.54) is 37.6 Å². The SMILES string of the molecule is CC1=NCC(C)(CN2CCCNCC2)S1. The summed E-state index contributed by atoms with van der Waals surface area (Å²) in [6.07, 6.45) is 1.28. The minimum absolute atomic E-state index is 0.328. The van der Waals surface area contributed by atoms with Crippen molar-refractivity contribution in [2.75, 3.05) is 39.3 Å². The van der Waals surface area contributed by atoms with Gasteiger partial charge in [0.15, 0.2) is 0 Å². The highest BCUT2D eigenvalue weighted by Crippen LogP contribution is 2.33. The number of hydrogen-bond acceptors (Lipinski definition) is 4. The molecule has 0 amide bonds. The monoisotopic (exact) mass is 227 g/mol. The zero-order valence-corrected chi connectivity index (χ0v) is 10.6. The molecule has 0 aromatic carbocycles. The van der Waals surface area contributed by atoms with E-state index in [1.54, 1.807) is 0 Å². The maximum atomic E-state index is 4.52. The molecule has 0 aliphatic carbocycles. The molecule has 0 aromatic heterocycles. The first-order valence-electron chi connectivity index (χ1n) is 5.81. The van der Waals surface area contributed by atoms with Crippen LogP contribution < -0.4 is 5.32 Å². The number of rotatable bonds is 2. The van der Waals surface area contributed by atoms with E-state index in [4.69, 9.17) is 0 Å². The van der Waals surface area contributed by atoms with E-state index in [-0.39, 0.29) is 0 Å². The molecule has 3 nitrogen and oxygen atoms in total. The second-order valence-corrected chi connectivity index (χ2v) is 6.55. The van der Waals surface area contributed by atoms with Crippen LogP contribution in [0.2, 0.25) is 0 Å². The average molecular weight is 227 g/mol. The van der Waals surface area contributed by atoms with Crippen LogP contribution in [0.25, 0.3) is 0 Å². The third kappa shape index (κ3) is 3.20. The molecule has 2 heterocycles. The van der Waals surface area contributed by atoms with E-state index in [9.17, 15) is 0 Å². The van der Waals surface area contributed by atoms with Crippen molar-refractivity contribution in [2.45, 2.75) is 25.0 Å². The van der Waals surface area contributed by atoms with E-state index in [0.717, 1.165) is 13.1 Å². The second kappa shape index (κ2) is 4.85. The van der Waals surface area contributed by atoms with Gasteiger partial charge in [0.05, 0.1) is 16.3 Å². The van der Waals surface area contributed by atoms with Crippen LogP contribution in [-0.4, -0.2) is 54.0 Å². The molecule has 1 atom stereocenters. The lowest BCUT2D eigenvalue weighted by Crippen LogP contribution is -2.41. The Morgan fingerprint density at radius 3 is 3.07 bits per heavy atom. The summed E-state index contributed by atoms with van der Waals surface area (Å²) in [7, 11) is 0. The quantitative estimate of drug-likeness (QED) is 0.768. The van der Waals surface area contributed by atoms with Crippen LogP contribution in [0.15, 0.2) is 4.99 Å². The van der Waals surface area contributed by atoms with Crippen LogP contribution in [-0.2, 0) is 0 Å². The van der Waals surface area contributed by atoms with Crippen molar-refractivity contribution in [3.63, 3.8) is 0 Å². The molecule has 4 heteroatoms. The number of nitrogens with zero attached hydrogens (tertiary/aromatic N) is 2. The summed E-state index contributed by atoms with van der Waals surface area (Å²) in [5, 5.41) is 4.70. The first kappa shape index (κ1) is 11.4. The van der Waals surface area contributed by atoms with Gasteiger partial charge in [0, 0.05) is 19.6 Å². The Morgan fingerprint density at radius 2 is 2.33 bits per heavy atom. The van der Waals surface area contributed by atoms with Gasteiger partial charge >= 0.3 is 0 Å². The average Bonchev–Trinajstić information content (AvgIpc) is 2.42. The lowest BCUT2D eigenvalue weighted by Gasteiger charge is -2.30. The van der Waals surface area contributed by atoms with Gasteiger partial charge in [-0.15, -0.1) is 11.8 Å². The fraction of sp³-hybridized carbons (Fsp3) is 0.909. The molecule has 0 aromatic rings. The second-order valence-electron chi connectivity index (χ2n) is 4.77. The summed E-state index contributed by atoms with van der Waals surface area (Å²) < 4.78 is 0.328. The van der Waals surface area contributed by atoms with Crippen molar-refractivity contribution >= 4 is 16.8 Å². The molecular formula is C11H21N3S. The first-order chi connectivity index (χ1) is 7.18. The molecule has 0 radical (unpaired) electrons. The Morgan fingerprint density at radius 1 is 1.47 bits per heavy atom. The third-order valence-electron chi connectivity index (χ3n) is 3.02. The number of nitrogens with one attached hydrogen (secondary N) is 1. The van der Waals surface area contributed by atoms with Gasteiger partial charge in [0.1, 0.15) is 0 Å². The van der Waals surface area contributed by atoms with E-state index in [1.807, 2.05) is 11.8 Å². The zero-order valence-electron chi connectivity index (χ0n) is 9.75. The fourth-order valence-corrected chi connectivity index (χ4v) is 3.53. The van der Waals surface area contributed by atoms with Gasteiger partial charge < -0.3 is 10.2 Å². The molecule has 2 aliphatic rings. The Bertz CT molecular complexity index is 246. The summed E-state index contributed by atoms with van der Waals surface area (Å²) in [6, 6.07) is 0. The summed E-state index contributed by atoms with van der Waals surface area (Å²) in [4.78, 5) is 7.10. The van der Waals surface area contributed by atoms with Crippen LogP contribution in [0.3, 0.4) is 0 Å². The zero-order chi connectivity index (χ0) is 10.7. The van der Waals surface area contributed by atoms with E-state index < -0.39 is 0 Å². The highest BCUT2D eigenvalue weighted by molar-refractivity contribution is 8.15. The smallest absolute Gasteiger partial charge is 0.0651 e. The predicted octanol–water partition coefficient (Wildman–Crippen LogP) is 1.21. The van der Waals surface area contributed by atoms with Gasteiger partial charge in [-0.3, -0.25) is 4.99 Å². The molecule has 0 spiro atoms. The summed E-state index contributed by atoms with van der Waals surface area (Å²) in [6.45, 7) is 11.4. The van der Waals surface area contributed by atoms with Gasteiger partial charge in [0.25, 0.3) is 0 Å². The van der Waals surface area contributed by atoms with Gasteiger partial charge in [-0.05, 0) is 33.4 Å². The Labute approximate surface area is 96.7 Å². The molecule has 15 heavy (non-hydrogen) atoms. The number of aliphatic imine (C=N–C) groups is 1. The molecule has 1 fully saturated rings. The van der Waals surface area contributed by atoms with Gasteiger partial charge in [0.2, 0.25) is 0 Å². The van der Waals surface area contributed by atoms with Crippen molar-refractivity contribution in [1.29, 1.82) is 0 Å². The lowest BCUT2D eigenvalue weighted by molar-refractivity contribution is 0.269. The van der Waals surface area contributed by atoms with Gasteiger partial charge in [-0.2, -0.15) is 0 Å². The van der Waals surface area contributed by atoms with Crippen molar-refractivity contribution in [3.8, 4) is 0 Å². The molecule has 1 saturated heterocycles. The topological polar surface area (TPSA) is 27.6 Å². The Balaban J connectivity index is 1.85. The van der Waals surface area contributed by atoms with E-state index in [0.29, 0.717) is 4.75 Å². The fourth-order valence-electron chi connectivity index (χ4n) is 2.31. The van der Waals surface area contributed by atoms with Crippen molar-refractivity contribution in [3.05, 3.63) is 0 Å². The maximum absolute atomic E-state index is 4.52. The maximum Gasteiger partial charge on any atom is 0.0651 e. The minimum Gasteiger partial charge on any atom is -0.315 e. The summed E-state index contributed by atoms with van der Waals surface area (Å²) in [5.41, 5.74) is 0. The molecule has 86 valence electrons. The van der Waals surface area contributed by atoms with Gasteiger partial charge in [-0.25, -0.2) is 0 Å². The van der Waals surface area contributed by atoms with Crippen LogP contribution in [0, 0.1) is 0 Å². The molecule has 2 rings (SSSR count). The van der Waals surface area contributed by atoms with E-state index in [2.05, 4.69) is 29.1 Å². The Hall–Kier alpha value is -0.0600. The lowest BCUT2D eigenvalue weighted by atomic mass is 10.1. The van der Waals surface area contributed by atoms with Crippen molar-refractivity contribution < 1.29 is 0 Å². The summed E-state index contributed by atoms with van der Waals surface area (Å²) in [5.74, 6) is 0. The summed E-state index contributed by atoms with van der Waals surface area (Å²) >= 11 is 1.96. The van der Waals surface area contributed by atoms with E-state index >= 15 is 0 Å². The predicted molar refractivity (Wildman–Crippen MR) is 67.9 cm³/mol. The minimum atomic E-state index is 0.328. The molecule has 0 bridgehead atoms. The number of hydrogen-bond donors (Lipinski definition) is 1. The third-order valence-corrected chi connectivity index (χ3v) is 4.20. The molecule has 2 aliphatic heterocycles. The van der Waals surface area contributed by atoms with Crippen LogP contribution >= 0.6 is 11.8 Å². The molecule has 0 saturated carbocycles. The number of thioether (sulfide) groups is 1. The highest BCUT2D eigenvalue weighted by Gasteiger charge is 2.32. The van der Waals surface area contributed by atoms with Crippen LogP contribution in [0.4, 0.5) is 0 Å². The standard InChI is InChI=1S/C11H21N3S/c1-10-13-8-11(2,15-10)9-14-6-3-4-12-5-7-14/h12H,3-9H2,1-2H3. The Kier molecular flexibility index (Phi) is 3.69. The largest absolute Gasteiger partial charge is 0.315 e.